The van der Waals surface area contributed by atoms with Crippen molar-refractivity contribution in [2.24, 2.45) is 0 Å². The van der Waals surface area contributed by atoms with Crippen LogP contribution in [-0.2, 0) is 4.79 Å². The van der Waals surface area contributed by atoms with Gasteiger partial charge in [0.1, 0.15) is 0 Å². The molecule has 1 aliphatic rings. The number of ketones is 1. The smallest absolute Gasteiger partial charge is 0.168 e. The van der Waals surface area contributed by atoms with Gasteiger partial charge in [-0.15, -0.1) is 11.8 Å². The molecule has 1 nitrogen and oxygen atoms in total. The maximum absolute atomic E-state index is 12.1. The molecule has 1 aliphatic carbocycles. The van der Waals surface area contributed by atoms with Crippen molar-refractivity contribution in [1.29, 1.82) is 0 Å². The van der Waals surface area contributed by atoms with Gasteiger partial charge in [0, 0.05) is 4.90 Å². The molecule has 0 fully saturated rings. The second-order valence-electron chi connectivity index (χ2n) is 4.47. The van der Waals surface area contributed by atoms with Gasteiger partial charge in [0.15, 0.2) is 5.78 Å². The van der Waals surface area contributed by atoms with Crippen LogP contribution in [0.3, 0.4) is 0 Å². The fraction of sp³-hybridized carbons (Fsp3) is 0.400. The van der Waals surface area contributed by atoms with Crippen LogP contribution in [0, 0.1) is 0 Å². The molecule has 0 unspecified atom stereocenters. The molecule has 96 valence electrons. The summed E-state index contributed by atoms with van der Waals surface area (Å²) >= 11 is 7.61. The number of carbonyl (C=O) groups excluding carboxylic acids is 1. The predicted molar refractivity (Wildman–Crippen MR) is 78.4 cm³/mol. The maximum atomic E-state index is 12.1. The number of Topliss-reactive ketones (excluding diaryl/α,β-unsaturated/α-hetero) is 1. The Bertz CT molecular complexity index is 454. The van der Waals surface area contributed by atoms with Gasteiger partial charge in [-0.25, -0.2) is 0 Å². The number of halogens is 1. The highest BCUT2D eigenvalue weighted by atomic mass is 35.5. The molecule has 18 heavy (non-hydrogen) atoms. The highest BCUT2D eigenvalue weighted by molar-refractivity contribution is 8.00. The second kappa shape index (κ2) is 7.01. The molecule has 0 saturated carbocycles. The maximum Gasteiger partial charge on any atom is 0.168 e. The second-order valence-corrected chi connectivity index (χ2v) is 5.90. The van der Waals surface area contributed by atoms with Crippen molar-refractivity contribution in [1.82, 2.24) is 0 Å². The Kier molecular flexibility index (Phi) is 5.33. The highest BCUT2D eigenvalue weighted by Crippen LogP contribution is 2.28. The summed E-state index contributed by atoms with van der Waals surface area (Å²) in [6.45, 7) is 0. The molecule has 3 heteroatoms. The zero-order valence-electron chi connectivity index (χ0n) is 10.3. The van der Waals surface area contributed by atoms with Crippen molar-refractivity contribution in [2.45, 2.75) is 37.0 Å². The Labute approximate surface area is 118 Å². The van der Waals surface area contributed by atoms with Crippen molar-refractivity contribution in [3.05, 3.63) is 40.9 Å². The van der Waals surface area contributed by atoms with E-state index in [2.05, 4.69) is 6.08 Å². The lowest BCUT2D eigenvalue weighted by molar-refractivity contribution is -0.113. The fourth-order valence-electron chi connectivity index (χ4n) is 2.07. The first kappa shape index (κ1) is 13.7. The number of hydrogen-bond donors (Lipinski definition) is 0. The van der Waals surface area contributed by atoms with Crippen LogP contribution in [0.25, 0.3) is 0 Å². The molecule has 2 rings (SSSR count). The Morgan fingerprint density at radius 2 is 2.06 bits per heavy atom. The van der Waals surface area contributed by atoms with Crippen LogP contribution in [0.4, 0.5) is 0 Å². The molecule has 1 aromatic rings. The van der Waals surface area contributed by atoms with Crippen LogP contribution in [0.15, 0.2) is 40.8 Å². The molecule has 0 spiro atoms. The van der Waals surface area contributed by atoms with Gasteiger partial charge in [0.25, 0.3) is 0 Å². The lowest BCUT2D eigenvalue weighted by Crippen LogP contribution is -2.05. The largest absolute Gasteiger partial charge is 0.294 e. The first-order valence-electron chi connectivity index (χ1n) is 6.37. The first-order valence-corrected chi connectivity index (χ1v) is 7.73. The Morgan fingerprint density at radius 3 is 2.89 bits per heavy atom. The minimum atomic E-state index is 0.266. The molecule has 0 amide bonds. The summed E-state index contributed by atoms with van der Waals surface area (Å²) in [5, 5.41) is 0.727. The third kappa shape index (κ3) is 3.89. The van der Waals surface area contributed by atoms with Crippen molar-refractivity contribution >= 4 is 29.1 Å². The number of thioether (sulfide) groups is 1. The van der Waals surface area contributed by atoms with E-state index in [9.17, 15) is 4.79 Å². The molecule has 0 heterocycles. The van der Waals surface area contributed by atoms with Crippen molar-refractivity contribution < 1.29 is 4.79 Å². The van der Waals surface area contributed by atoms with Gasteiger partial charge in [-0.3, -0.25) is 4.79 Å². The van der Waals surface area contributed by atoms with E-state index in [0.717, 1.165) is 34.8 Å². The average Bonchev–Trinajstić information content (AvgIpc) is 2.66. The quantitative estimate of drug-likeness (QED) is 0.730. The summed E-state index contributed by atoms with van der Waals surface area (Å²) in [7, 11) is 0. The third-order valence-corrected chi connectivity index (χ3v) is 4.61. The zero-order chi connectivity index (χ0) is 12.8. The normalized spacial score (nSPS) is 15.9. The van der Waals surface area contributed by atoms with E-state index in [0.29, 0.717) is 5.75 Å². The molecule has 1 aromatic carbocycles. The average molecular weight is 281 g/mol. The van der Waals surface area contributed by atoms with Crippen LogP contribution in [0.2, 0.25) is 5.02 Å². The number of allylic oxidation sites excluding steroid dienone is 2. The minimum Gasteiger partial charge on any atom is -0.294 e. The van der Waals surface area contributed by atoms with Gasteiger partial charge in [-0.05, 0) is 43.4 Å². The van der Waals surface area contributed by atoms with E-state index in [1.54, 1.807) is 0 Å². The Balaban J connectivity index is 1.92. The third-order valence-electron chi connectivity index (χ3n) is 3.09. The SMILES string of the molecule is O=C(CSc1ccccc1Cl)C1=CCCCCC1. The van der Waals surface area contributed by atoms with Crippen molar-refractivity contribution in [3.8, 4) is 0 Å². The van der Waals surface area contributed by atoms with Gasteiger partial charge in [-0.1, -0.05) is 36.2 Å². The van der Waals surface area contributed by atoms with E-state index in [-0.39, 0.29) is 5.78 Å². The van der Waals surface area contributed by atoms with Crippen LogP contribution >= 0.6 is 23.4 Å². The highest BCUT2D eigenvalue weighted by Gasteiger charge is 2.12. The van der Waals surface area contributed by atoms with E-state index >= 15 is 0 Å². The topological polar surface area (TPSA) is 17.1 Å². The van der Waals surface area contributed by atoms with Crippen LogP contribution in [0.1, 0.15) is 32.1 Å². The van der Waals surface area contributed by atoms with E-state index in [1.807, 2.05) is 24.3 Å². The first-order chi connectivity index (χ1) is 8.77. The van der Waals surface area contributed by atoms with Crippen molar-refractivity contribution in [3.63, 3.8) is 0 Å². The fourth-order valence-corrected chi connectivity index (χ4v) is 3.22. The zero-order valence-corrected chi connectivity index (χ0v) is 11.9. The summed E-state index contributed by atoms with van der Waals surface area (Å²) in [6, 6.07) is 7.67. The van der Waals surface area contributed by atoms with Gasteiger partial charge in [-0.2, -0.15) is 0 Å². The molecular formula is C15H17ClOS. The summed E-state index contributed by atoms with van der Waals surface area (Å²) in [4.78, 5) is 13.1. The number of benzene rings is 1. The van der Waals surface area contributed by atoms with E-state index in [4.69, 9.17) is 11.6 Å². The molecule has 0 aromatic heterocycles. The predicted octanol–water partition coefficient (Wildman–Crippen LogP) is 4.89. The van der Waals surface area contributed by atoms with Crippen LogP contribution in [0.5, 0.6) is 0 Å². The van der Waals surface area contributed by atoms with E-state index in [1.165, 1.54) is 24.6 Å². The number of rotatable bonds is 4. The summed E-state index contributed by atoms with van der Waals surface area (Å²) in [6.07, 6.45) is 7.73. The summed E-state index contributed by atoms with van der Waals surface area (Å²) < 4.78 is 0. The molecule has 0 N–H and O–H groups in total. The summed E-state index contributed by atoms with van der Waals surface area (Å²) in [5.41, 5.74) is 1.02. The van der Waals surface area contributed by atoms with Gasteiger partial charge in [0.05, 0.1) is 10.8 Å². The molecule has 0 radical (unpaired) electrons. The molecule has 0 bridgehead atoms. The summed E-state index contributed by atoms with van der Waals surface area (Å²) in [5.74, 6) is 0.761. The Hall–Kier alpha value is -0.730. The lowest BCUT2D eigenvalue weighted by atomic mass is 10.1. The monoisotopic (exact) mass is 280 g/mol. The molecule has 0 saturated heterocycles. The van der Waals surface area contributed by atoms with Crippen LogP contribution < -0.4 is 0 Å². The molecule has 0 aliphatic heterocycles. The standard InChI is InChI=1S/C15H17ClOS/c16-13-9-5-6-10-15(13)18-11-14(17)12-7-3-1-2-4-8-12/h5-7,9-10H,1-4,8,11H2. The van der Waals surface area contributed by atoms with Crippen molar-refractivity contribution in [2.75, 3.05) is 5.75 Å². The van der Waals surface area contributed by atoms with Gasteiger partial charge in [0.2, 0.25) is 0 Å². The van der Waals surface area contributed by atoms with E-state index < -0.39 is 0 Å². The number of carbonyl (C=O) groups is 1. The minimum absolute atomic E-state index is 0.266. The van der Waals surface area contributed by atoms with Gasteiger partial charge < -0.3 is 0 Å². The lowest BCUT2D eigenvalue weighted by Gasteiger charge is -2.05. The Morgan fingerprint density at radius 1 is 1.22 bits per heavy atom. The molecule has 0 atom stereocenters. The number of hydrogen-bond acceptors (Lipinski definition) is 2. The van der Waals surface area contributed by atoms with Gasteiger partial charge >= 0.3 is 0 Å². The van der Waals surface area contributed by atoms with Crippen LogP contribution in [-0.4, -0.2) is 11.5 Å². The molecular weight excluding hydrogens is 264 g/mol.